The molecule has 2 amide bonds. The Bertz CT molecular complexity index is 608. The van der Waals surface area contributed by atoms with E-state index >= 15 is 0 Å². The predicted octanol–water partition coefficient (Wildman–Crippen LogP) is 2.23. The Kier molecular flexibility index (Phi) is 4.59. The van der Waals surface area contributed by atoms with E-state index in [0.29, 0.717) is 37.2 Å². The Morgan fingerprint density at radius 3 is 2.55 bits per heavy atom. The second-order valence-corrected chi connectivity index (χ2v) is 5.29. The number of carbonyl (C=O) groups is 2. The second kappa shape index (κ2) is 6.42. The molecule has 2 rings (SSSR count). The number of aryl methyl sites for hydroxylation is 1. The lowest BCUT2D eigenvalue weighted by atomic mass is 9.97. The van der Waals surface area contributed by atoms with Crippen molar-refractivity contribution in [2.45, 2.75) is 19.8 Å². The molecule has 1 aromatic carbocycles. The van der Waals surface area contributed by atoms with Crippen LogP contribution in [0.25, 0.3) is 0 Å². The molecule has 1 saturated heterocycles. The van der Waals surface area contributed by atoms with Crippen molar-refractivity contribution >= 4 is 23.4 Å². The van der Waals surface area contributed by atoms with Gasteiger partial charge in [0, 0.05) is 30.4 Å². The first-order valence-corrected chi connectivity index (χ1v) is 6.92. The summed E-state index contributed by atoms with van der Waals surface area (Å²) in [5.41, 5.74) is 0.815. The average molecular weight is 307 g/mol. The summed E-state index contributed by atoms with van der Waals surface area (Å²) in [6.45, 7) is 2.34. The van der Waals surface area contributed by atoms with Crippen LogP contribution in [0.2, 0.25) is 0 Å². The van der Waals surface area contributed by atoms with Gasteiger partial charge in [0.15, 0.2) is 0 Å². The summed E-state index contributed by atoms with van der Waals surface area (Å²) in [4.78, 5) is 34.9. The number of carboxylic acids is 1. The number of hydrogen-bond donors (Lipinski definition) is 2. The summed E-state index contributed by atoms with van der Waals surface area (Å²) in [6, 6.07) is 4.12. The fraction of sp³-hybridized carbons (Fsp3) is 0.429. The molecule has 2 N–H and O–H groups in total. The number of hydrogen-bond acceptors (Lipinski definition) is 4. The van der Waals surface area contributed by atoms with Crippen molar-refractivity contribution in [1.82, 2.24) is 4.90 Å². The number of aliphatic carboxylic acids is 1. The van der Waals surface area contributed by atoms with Crippen LogP contribution in [0.1, 0.15) is 18.4 Å². The molecule has 1 heterocycles. The third kappa shape index (κ3) is 3.51. The molecule has 0 atom stereocenters. The Labute approximate surface area is 126 Å². The Hall–Kier alpha value is -2.64. The fourth-order valence-corrected chi connectivity index (χ4v) is 2.42. The number of urea groups is 1. The van der Waals surface area contributed by atoms with E-state index in [0.717, 1.165) is 0 Å². The maximum absolute atomic E-state index is 12.1. The van der Waals surface area contributed by atoms with Crippen LogP contribution in [0.4, 0.5) is 16.2 Å². The number of anilines is 1. The molecule has 1 aliphatic heterocycles. The van der Waals surface area contributed by atoms with Crippen LogP contribution in [0.5, 0.6) is 0 Å². The number of carboxylic acid groups (broad SMARTS) is 1. The summed E-state index contributed by atoms with van der Waals surface area (Å²) >= 11 is 0. The summed E-state index contributed by atoms with van der Waals surface area (Å²) in [6.07, 6.45) is 0.827. The summed E-state index contributed by atoms with van der Waals surface area (Å²) in [5.74, 6) is -1.25. The number of amides is 2. The van der Waals surface area contributed by atoms with Gasteiger partial charge in [0.2, 0.25) is 0 Å². The van der Waals surface area contributed by atoms with Crippen molar-refractivity contribution in [3.05, 3.63) is 33.9 Å². The van der Waals surface area contributed by atoms with Crippen molar-refractivity contribution < 1.29 is 19.6 Å². The van der Waals surface area contributed by atoms with Gasteiger partial charge in [-0.15, -0.1) is 0 Å². The number of rotatable bonds is 3. The SMILES string of the molecule is Cc1ccc(NC(=O)N2CCC(C(=O)O)CC2)cc1[N+](=O)[O-]. The topological polar surface area (TPSA) is 113 Å². The molecule has 0 unspecified atom stereocenters. The lowest BCUT2D eigenvalue weighted by Crippen LogP contribution is -2.42. The van der Waals surface area contributed by atoms with Crippen molar-refractivity contribution in [2.75, 3.05) is 18.4 Å². The zero-order valence-corrected chi connectivity index (χ0v) is 12.1. The van der Waals surface area contributed by atoms with Gasteiger partial charge in [0.25, 0.3) is 5.69 Å². The van der Waals surface area contributed by atoms with Crippen molar-refractivity contribution in [3.63, 3.8) is 0 Å². The number of likely N-dealkylation sites (tertiary alicyclic amines) is 1. The number of carbonyl (C=O) groups excluding carboxylic acids is 1. The van der Waals surface area contributed by atoms with Crippen LogP contribution in [0.3, 0.4) is 0 Å². The first-order valence-electron chi connectivity index (χ1n) is 6.92. The van der Waals surface area contributed by atoms with Crippen LogP contribution >= 0.6 is 0 Å². The highest BCUT2D eigenvalue weighted by atomic mass is 16.6. The molecule has 1 aliphatic rings. The number of nitro benzene ring substituents is 1. The van der Waals surface area contributed by atoms with Gasteiger partial charge in [0.1, 0.15) is 0 Å². The molecule has 0 aromatic heterocycles. The molecule has 0 aliphatic carbocycles. The van der Waals surface area contributed by atoms with Gasteiger partial charge >= 0.3 is 12.0 Å². The van der Waals surface area contributed by atoms with E-state index in [1.54, 1.807) is 19.1 Å². The number of benzene rings is 1. The lowest BCUT2D eigenvalue weighted by molar-refractivity contribution is -0.385. The van der Waals surface area contributed by atoms with Gasteiger partial charge in [0.05, 0.1) is 10.8 Å². The van der Waals surface area contributed by atoms with Crippen molar-refractivity contribution in [2.24, 2.45) is 5.92 Å². The maximum atomic E-state index is 12.1. The minimum Gasteiger partial charge on any atom is -0.481 e. The molecule has 22 heavy (non-hydrogen) atoms. The van der Waals surface area contributed by atoms with Gasteiger partial charge in [-0.05, 0) is 25.8 Å². The zero-order valence-electron chi connectivity index (χ0n) is 12.1. The summed E-state index contributed by atoms with van der Waals surface area (Å²) in [5, 5.41) is 22.4. The van der Waals surface area contributed by atoms with E-state index in [4.69, 9.17) is 5.11 Å². The molecule has 0 saturated carbocycles. The number of piperidine rings is 1. The predicted molar refractivity (Wildman–Crippen MR) is 78.8 cm³/mol. The van der Waals surface area contributed by atoms with E-state index in [-0.39, 0.29) is 11.7 Å². The quantitative estimate of drug-likeness (QED) is 0.656. The highest BCUT2D eigenvalue weighted by Gasteiger charge is 2.27. The molecule has 0 bridgehead atoms. The summed E-state index contributed by atoms with van der Waals surface area (Å²) < 4.78 is 0. The minimum absolute atomic E-state index is 0.0533. The first-order chi connectivity index (χ1) is 10.4. The largest absolute Gasteiger partial charge is 0.481 e. The van der Waals surface area contributed by atoms with Crippen LogP contribution in [-0.2, 0) is 4.79 Å². The number of nitrogens with one attached hydrogen (secondary N) is 1. The molecule has 118 valence electrons. The van der Waals surface area contributed by atoms with E-state index in [2.05, 4.69) is 5.32 Å². The minimum atomic E-state index is -0.839. The third-order valence-electron chi connectivity index (χ3n) is 3.79. The fourth-order valence-electron chi connectivity index (χ4n) is 2.42. The van der Waals surface area contributed by atoms with E-state index < -0.39 is 16.8 Å². The van der Waals surface area contributed by atoms with E-state index in [9.17, 15) is 19.7 Å². The molecule has 0 spiro atoms. The third-order valence-corrected chi connectivity index (χ3v) is 3.79. The van der Waals surface area contributed by atoms with Crippen molar-refractivity contribution in [3.8, 4) is 0 Å². The van der Waals surface area contributed by atoms with Crippen LogP contribution in [-0.4, -0.2) is 40.0 Å². The monoisotopic (exact) mass is 307 g/mol. The molecular formula is C14H17N3O5. The van der Waals surface area contributed by atoms with Crippen LogP contribution in [0, 0.1) is 23.0 Å². The average Bonchev–Trinajstić information content (AvgIpc) is 2.49. The van der Waals surface area contributed by atoms with Crippen molar-refractivity contribution in [1.29, 1.82) is 0 Å². The first kappa shape index (κ1) is 15.7. The molecule has 1 fully saturated rings. The van der Waals surface area contributed by atoms with Crippen LogP contribution in [0.15, 0.2) is 18.2 Å². The standard InChI is InChI=1S/C14H17N3O5/c1-9-2-3-11(8-12(9)17(21)22)15-14(20)16-6-4-10(5-7-16)13(18)19/h2-3,8,10H,4-7H2,1H3,(H,15,20)(H,18,19). The molecule has 0 radical (unpaired) electrons. The summed E-state index contributed by atoms with van der Waals surface area (Å²) in [7, 11) is 0. The maximum Gasteiger partial charge on any atom is 0.321 e. The molecule has 1 aromatic rings. The molecule has 8 nitrogen and oxygen atoms in total. The number of nitro groups is 1. The van der Waals surface area contributed by atoms with E-state index in [1.807, 2.05) is 0 Å². The van der Waals surface area contributed by atoms with Gasteiger partial charge in [-0.1, -0.05) is 6.07 Å². The zero-order chi connectivity index (χ0) is 16.3. The Balaban J connectivity index is 2.00. The second-order valence-electron chi connectivity index (χ2n) is 5.29. The van der Waals surface area contributed by atoms with Gasteiger partial charge < -0.3 is 15.3 Å². The van der Waals surface area contributed by atoms with Crippen LogP contribution < -0.4 is 5.32 Å². The highest BCUT2D eigenvalue weighted by molar-refractivity contribution is 5.90. The molecule has 8 heteroatoms. The lowest BCUT2D eigenvalue weighted by Gasteiger charge is -2.30. The normalized spacial score (nSPS) is 15.4. The van der Waals surface area contributed by atoms with Gasteiger partial charge in [-0.25, -0.2) is 4.79 Å². The highest BCUT2D eigenvalue weighted by Crippen LogP contribution is 2.23. The Morgan fingerprint density at radius 2 is 2.00 bits per heavy atom. The molecular weight excluding hydrogens is 290 g/mol. The number of nitrogens with zero attached hydrogens (tertiary/aromatic N) is 2. The van der Waals surface area contributed by atoms with E-state index in [1.165, 1.54) is 11.0 Å². The van der Waals surface area contributed by atoms with Gasteiger partial charge in [-0.3, -0.25) is 14.9 Å². The smallest absolute Gasteiger partial charge is 0.321 e. The Morgan fingerprint density at radius 1 is 1.36 bits per heavy atom. The van der Waals surface area contributed by atoms with Gasteiger partial charge in [-0.2, -0.15) is 0 Å².